The maximum atomic E-state index is 10.4. The van der Waals surface area contributed by atoms with Crippen molar-refractivity contribution < 1.29 is 14.6 Å². The van der Waals surface area contributed by atoms with Gasteiger partial charge >= 0.3 is 5.97 Å². The maximum absolute atomic E-state index is 10.4. The highest BCUT2D eigenvalue weighted by Gasteiger charge is 2.10. The number of hydrogen-bond donors (Lipinski definition) is 1. The van der Waals surface area contributed by atoms with Gasteiger partial charge in [0.1, 0.15) is 11.9 Å². The molecule has 1 aromatic rings. The number of hydrogen-bond acceptors (Lipinski definition) is 2. The van der Waals surface area contributed by atoms with Gasteiger partial charge in [-0.15, -0.1) is 0 Å². The van der Waals surface area contributed by atoms with Gasteiger partial charge in [0.2, 0.25) is 0 Å². The van der Waals surface area contributed by atoms with Crippen LogP contribution < -0.4 is 4.74 Å². The third kappa shape index (κ3) is 3.80. The summed E-state index contributed by atoms with van der Waals surface area (Å²) in [6.45, 7) is 3.59. The smallest absolute Gasteiger partial charge is 0.307 e. The summed E-state index contributed by atoms with van der Waals surface area (Å²) in [5.41, 5.74) is 0.903. The highest BCUT2D eigenvalue weighted by Crippen LogP contribution is 2.23. The normalized spacial score (nSPS) is 12.2. The van der Waals surface area contributed by atoms with Crippen LogP contribution in [-0.2, 0) is 4.79 Å². The Balaban J connectivity index is 2.68. The predicted molar refractivity (Wildman–Crippen MR) is 58.5 cm³/mol. The van der Waals surface area contributed by atoms with Crippen molar-refractivity contribution in [3.8, 4) is 5.75 Å². The molecule has 0 aliphatic rings. The molecule has 1 atom stereocenters. The molecule has 1 unspecified atom stereocenters. The van der Waals surface area contributed by atoms with E-state index >= 15 is 0 Å². The number of ether oxygens (including phenoxy) is 1. The fraction of sp³-hybridized carbons (Fsp3) is 0.364. The molecule has 0 saturated carbocycles. The summed E-state index contributed by atoms with van der Waals surface area (Å²) >= 11 is 5.79. The van der Waals surface area contributed by atoms with Gasteiger partial charge in [0.15, 0.2) is 0 Å². The average molecular weight is 229 g/mol. The maximum Gasteiger partial charge on any atom is 0.307 e. The van der Waals surface area contributed by atoms with Crippen molar-refractivity contribution in [3.63, 3.8) is 0 Å². The third-order valence-corrected chi connectivity index (χ3v) is 2.16. The van der Waals surface area contributed by atoms with Gasteiger partial charge in [-0.1, -0.05) is 11.6 Å². The molecule has 15 heavy (non-hydrogen) atoms. The van der Waals surface area contributed by atoms with E-state index in [1.54, 1.807) is 25.1 Å². The van der Waals surface area contributed by atoms with Crippen LogP contribution in [0.1, 0.15) is 18.9 Å². The molecule has 0 aliphatic heterocycles. The number of halogens is 1. The number of aliphatic carboxylic acids is 1. The molecule has 0 radical (unpaired) electrons. The van der Waals surface area contributed by atoms with E-state index in [9.17, 15) is 4.79 Å². The highest BCUT2D eigenvalue weighted by atomic mass is 35.5. The highest BCUT2D eigenvalue weighted by molar-refractivity contribution is 6.30. The first-order valence-electron chi connectivity index (χ1n) is 4.63. The Morgan fingerprint density at radius 1 is 1.60 bits per heavy atom. The Bertz CT molecular complexity index is 363. The van der Waals surface area contributed by atoms with Gasteiger partial charge in [0, 0.05) is 5.02 Å². The first-order chi connectivity index (χ1) is 6.99. The molecule has 0 saturated heterocycles. The lowest BCUT2D eigenvalue weighted by Gasteiger charge is -2.14. The van der Waals surface area contributed by atoms with Gasteiger partial charge < -0.3 is 9.84 Å². The number of aryl methyl sites for hydroxylation is 1. The number of benzene rings is 1. The molecule has 0 amide bonds. The van der Waals surface area contributed by atoms with Crippen molar-refractivity contribution in [2.75, 3.05) is 0 Å². The Kier molecular flexibility index (Phi) is 3.97. The first kappa shape index (κ1) is 11.9. The molecular formula is C11H13ClO3. The zero-order chi connectivity index (χ0) is 11.4. The van der Waals surface area contributed by atoms with E-state index in [1.807, 2.05) is 6.92 Å². The van der Waals surface area contributed by atoms with Crippen LogP contribution in [0.4, 0.5) is 0 Å². The Labute approximate surface area is 93.6 Å². The SMILES string of the molecule is Cc1cc(Cl)ccc1OC(C)CC(=O)O. The number of carbonyl (C=O) groups is 1. The van der Waals surface area contributed by atoms with E-state index in [-0.39, 0.29) is 12.5 Å². The standard InChI is InChI=1S/C11H13ClO3/c1-7-5-9(12)3-4-10(7)15-8(2)6-11(13)14/h3-5,8H,6H2,1-2H3,(H,13,14). The molecule has 0 heterocycles. The summed E-state index contributed by atoms with van der Waals surface area (Å²) in [7, 11) is 0. The minimum Gasteiger partial charge on any atom is -0.490 e. The van der Waals surface area contributed by atoms with Crippen LogP contribution in [0.25, 0.3) is 0 Å². The monoisotopic (exact) mass is 228 g/mol. The average Bonchev–Trinajstić information content (AvgIpc) is 2.08. The topological polar surface area (TPSA) is 46.5 Å². The van der Waals surface area contributed by atoms with Crippen LogP contribution in [0.3, 0.4) is 0 Å². The fourth-order valence-corrected chi connectivity index (χ4v) is 1.48. The van der Waals surface area contributed by atoms with Crippen molar-refractivity contribution in [2.45, 2.75) is 26.4 Å². The summed E-state index contributed by atoms with van der Waals surface area (Å²) in [5, 5.41) is 9.22. The quantitative estimate of drug-likeness (QED) is 0.862. The van der Waals surface area contributed by atoms with Crippen LogP contribution >= 0.6 is 11.6 Å². The Hall–Kier alpha value is -1.22. The summed E-state index contributed by atoms with van der Waals surface area (Å²) < 4.78 is 5.47. The van der Waals surface area contributed by atoms with E-state index in [0.717, 1.165) is 5.56 Å². The molecule has 1 rings (SSSR count). The number of rotatable bonds is 4. The molecule has 82 valence electrons. The van der Waals surface area contributed by atoms with Gasteiger partial charge in [0.05, 0.1) is 6.42 Å². The molecule has 4 heteroatoms. The van der Waals surface area contributed by atoms with Crippen LogP contribution in [0.15, 0.2) is 18.2 Å². The molecule has 0 fully saturated rings. The van der Waals surface area contributed by atoms with Gasteiger partial charge in [-0.05, 0) is 37.6 Å². The molecule has 0 aliphatic carbocycles. The molecule has 0 spiro atoms. The first-order valence-corrected chi connectivity index (χ1v) is 5.01. The minimum atomic E-state index is -0.867. The van der Waals surface area contributed by atoms with Crippen molar-refractivity contribution in [3.05, 3.63) is 28.8 Å². The van der Waals surface area contributed by atoms with Crippen molar-refractivity contribution in [2.24, 2.45) is 0 Å². The van der Waals surface area contributed by atoms with Crippen LogP contribution in [0.2, 0.25) is 5.02 Å². The van der Waals surface area contributed by atoms with Crippen molar-refractivity contribution in [1.82, 2.24) is 0 Å². The lowest BCUT2D eigenvalue weighted by molar-refractivity contribution is -0.138. The second kappa shape index (κ2) is 5.03. The van der Waals surface area contributed by atoms with E-state index in [4.69, 9.17) is 21.4 Å². The van der Waals surface area contributed by atoms with Crippen LogP contribution in [0.5, 0.6) is 5.75 Å². The van der Waals surface area contributed by atoms with E-state index in [0.29, 0.717) is 10.8 Å². The number of carboxylic acids is 1. The predicted octanol–water partition coefficient (Wildman–Crippen LogP) is 2.89. The molecule has 1 aromatic carbocycles. The van der Waals surface area contributed by atoms with Gasteiger partial charge in [-0.3, -0.25) is 4.79 Å². The van der Waals surface area contributed by atoms with E-state index in [2.05, 4.69) is 0 Å². The molecule has 3 nitrogen and oxygen atoms in total. The second-order valence-electron chi connectivity index (χ2n) is 3.44. The molecule has 1 N–H and O–H groups in total. The van der Waals surface area contributed by atoms with Crippen LogP contribution in [-0.4, -0.2) is 17.2 Å². The van der Waals surface area contributed by atoms with Gasteiger partial charge in [-0.25, -0.2) is 0 Å². The summed E-state index contributed by atoms with van der Waals surface area (Å²) in [6.07, 6.45) is -0.357. The Morgan fingerprint density at radius 3 is 2.80 bits per heavy atom. The summed E-state index contributed by atoms with van der Waals surface area (Å²) in [6, 6.07) is 5.25. The third-order valence-electron chi connectivity index (χ3n) is 1.93. The van der Waals surface area contributed by atoms with Crippen molar-refractivity contribution >= 4 is 17.6 Å². The van der Waals surface area contributed by atoms with Crippen molar-refractivity contribution in [1.29, 1.82) is 0 Å². The van der Waals surface area contributed by atoms with Crippen LogP contribution in [0, 0.1) is 6.92 Å². The van der Waals surface area contributed by atoms with Gasteiger partial charge in [0.25, 0.3) is 0 Å². The molecule has 0 aromatic heterocycles. The second-order valence-corrected chi connectivity index (χ2v) is 3.87. The lowest BCUT2D eigenvalue weighted by atomic mass is 10.2. The zero-order valence-corrected chi connectivity index (χ0v) is 9.41. The molecular weight excluding hydrogens is 216 g/mol. The summed E-state index contributed by atoms with van der Waals surface area (Å²) in [5.74, 6) is -0.192. The largest absolute Gasteiger partial charge is 0.490 e. The fourth-order valence-electron chi connectivity index (χ4n) is 1.25. The van der Waals surface area contributed by atoms with Gasteiger partial charge in [-0.2, -0.15) is 0 Å². The van der Waals surface area contributed by atoms with E-state index in [1.165, 1.54) is 0 Å². The Morgan fingerprint density at radius 2 is 2.27 bits per heavy atom. The number of carboxylic acid groups (broad SMARTS) is 1. The van der Waals surface area contributed by atoms with E-state index < -0.39 is 5.97 Å². The lowest BCUT2D eigenvalue weighted by Crippen LogP contribution is -2.17. The molecule has 0 bridgehead atoms. The zero-order valence-electron chi connectivity index (χ0n) is 8.66. The minimum absolute atomic E-state index is 0.0118. The summed E-state index contributed by atoms with van der Waals surface area (Å²) in [4.78, 5) is 10.4.